The predicted molar refractivity (Wildman–Crippen MR) is 139 cm³/mol. The van der Waals surface area contributed by atoms with Crippen molar-refractivity contribution in [2.45, 2.75) is 52.6 Å². The van der Waals surface area contributed by atoms with Crippen LogP contribution in [0.1, 0.15) is 45.6 Å². The second-order valence-electron chi connectivity index (χ2n) is 8.86. The molecule has 0 spiro atoms. The summed E-state index contributed by atoms with van der Waals surface area (Å²) in [7, 11) is -3.67. The van der Waals surface area contributed by atoms with Crippen molar-refractivity contribution in [1.82, 2.24) is 25.5 Å². The average Bonchev–Trinajstić information content (AvgIpc) is 3.36. The van der Waals surface area contributed by atoms with Crippen molar-refractivity contribution >= 4 is 22.0 Å². The van der Waals surface area contributed by atoms with E-state index in [2.05, 4.69) is 20.6 Å². The Morgan fingerprint density at radius 3 is 2.14 bits per heavy atom. The van der Waals surface area contributed by atoms with Gasteiger partial charge in [-0.25, -0.2) is 4.79 Å². The fourth-order valence-electron chi connectivity index (χ4n) is 3.78. The Morgan fingerprint density at radius 2 is 1.65 bits per heavy atom. The second kappa shape index (κ2) is 13.6. The summed E-state index contributed by atoms with van der Waals surface area (Å²) in [6.45, 7) is 5.93. The van der Waals surface area contributed by atoms with Crippen molar-refractivity contribution in [3.05, 3.63) is 54.1 Å². The lowest BCUT2D eigenvalue weighted by Gasteiger charge is -2.32. The number of rotatable bonds is 10. The fraction of sp³-hybridized carbons (Fsp3) is 0.400. The van der Waals surface area contributed by atoms with E-state index >= 15 is 0 Å². The summed E-state index contributed by atoms with van der Waals surface area (Å²) in [6, 6.07) is 14.7. The van der Waals surface area contributed by atoms with Crippen LogP contribution in [0.5, 0.6) is 0 Å². The van der Waals surface area contributed by atoms with Gasteiger partial charge in [-0.3, -0.25) is 9.35 Å². The summed E-state index contributed by atoms with van der Waals surface area (Å²) in [4.78, 5) is 26.3. The van der Waals surface area contributed by atoms with Gasteiger partial charge in [0.1, 0.15) is 6.04 Å². The quantitative estimate of drug-likeness (QED) is 0.331. The first kappa shape index (κ1) is 29.6. The molecule has 3 N–H and O–H groups in total. The Morgan fingerprint density at radius 1 is 1.05 bits per heavy atom. The predicted octanol–water partition coefficient (Wildman–Crippen LogP) is 3.67. The van der Waals surface area contributed by atoms with Gasteiger partial charge < -0.3 is 10.0 Å². The van der Waals surface area contributed by atoms with Crippen LogP contribution in [0.25, 0.3) is 22.5 Å². The highest BCUT2D eigenvalue weighted by molar-refractivity contribution is 7.85. The number of nitrogens with zero attached hydrogens (tertiary/aromatic N) is 4. The Balaban J connectivity index is 0.000000877. The zero-order chi connectivity index (χ0) is 27.6. The number of carbonyl (C=O) groups is 2. The summed E-state index contributed by atoms with van der Waals surface area (Å²) in [5, 5.41) is 24.0. The molecule has 1 amide bonds. The van der Waals surface area contributed by atoms with Crippen LogP contribution in [0, 0.1) is 5.92 Å². The number of aromatic amines is 1. The smallest absolute Gasteiger partial charge is 0.326 e. The van der Waals surface area contributed by atoms with Crippen molar-refractivity contribution < 1.29 is 27.7 Å². The van der Waals surface area contributed by atoms with Gasteiger partial charge in [0, 0.05) is 18.5 Å². The minimum Gasteiger partial charge on any atom is -0.480 e. The van der Waals surface area contributed by atoms with Crippen LogP contribution in [0.2, 0.25) is 0 Å². The van der Waals surface area contributed by atoms with E-state index in [1.165, 1.54) is 4.90 Å². The molecule has 2 aromatic carbocycles. The number of amides is 1. The first-order valence-corrected chi connectivity index (χ1v) is 13.6. The molecule has 1 unspecified atom stereocenters. The number of carbonyl (C=O) groups excluding carboxylic acids is 1. The maximum absolute atomic E-state index is 12.9. The van der Waals surface area contributed by atoms with Gasteiger partial charge >= 0.3 is 5.97 Å². The SMILES string of the molecule is CCCCC(=O)N(Cc1ccc(-c2ccccc2-c2nn[nH]n2)cc1)C(C(=O)O)C(C)C.CS(=O)(=O)O. The highest BCUT2D eigenvalue weighted by Crippen LogP contribution is 2.30. The largest absolute Gasteiger partial charge is 0.480 e. The number of aromatic nitrogens is 4. The number of benzene rings is 2. The van der Waals surface area contributed by atoms with E-state index in [4.69, 9.17) is 4.55 Å². The summed E-state index contributed by atoms with van der Waals surface area (Å²) < 4.78 is 25.9. The van der Waals surface area contributed by atoms with E-state index in [0.717, 1.165) is 35.1 Å². The average molecular weight is 532 g/mol. The van der Waals surface area contributed by atoms with E-state index in [1.54, 1.807) is 0 Å². The number of H-pyrrole nitrogens is 1. The molecule has 200 valence electrons. The van der Waals surface area contributed by atoms with Gasteiger partial charge in [0.25, 0.3) is 10.1 Å². The van der Waals surface area contributed by atoms with E-state index in [1.807, 2.05) is 69.3 Å². The van der Waals surface area contributed by atoms with Crippen LogP contribution >= 0.6 is 0 Å². The molecule has 12 heteroatoms. The third kappa shape index (κ3) is 9.39. The van der Waals surface area contributed by atoms with Crippen molar-refractivity contribution in [3.8, 4) is 22.5 Å². The highest BCUT2D eigenvalue weighted by atomic mass is 32.2. The molecule has 1 atom stereocenters. The Kier molecular flexibility index (Phi) is 10.9. The van der Waals surface area contributed by atoms with Crippen molar-refractivity contribution in [2.75, 3.05) is 6.26 Å². The number of tetrazole rings is 1. The number of hydrogen-bond donors (Lipinski definition) is 3. The third-order valence-corrected chi connectivity index (χ3v) is 5.42. The molecule has 0 aliphatic carbocycles. The molecule has 37 heavy (non-hydrogen) atoms. The van der Waals surface area contributed by atoms with Crippen LogP contribution < -0.4 is 0 Å². The number of carboxylic acids is 1. The Hall–Kier alpha value is -3.64. The minimum atomic E-state index is -3.67. The monoisotopic (exact) mass is 531 g/mol. The number of unbranched alkanes of at least 4 members (excludes halogenated alkanes) is 1. The lowest BCUT2D eigenvalue weighted by molar-refractivity contribution is -0.153. The standard InChI is InChI=1S/C24H29N5O3.CH4O3S/c1-4-5-10-21(30)29(22(16(2)3)24(31)32)15-17-11-13-18(14-12-17)19-8-6-7-9-20(19)23-25-27-28-26-23;1-5(2,3)4/h6-9,11-14,16,22H,4-5,10,15H2,1-3H3,(H,31,32)(H,25,26,27,28);1H3,(H,2,3,4). The van der Waals surface area contributed by atoms with Crippen LogP contribution in [0.3, 0.4) is 0 Å². The lowest BCUT2D eigenvalue weighted by atomic mass is 9.97. The van der Waals surface area contributed by atoms with Crippen molar-refractivity contribution in [3.63, 3.8) is 0 Å². The fourth-order valence-corrected chi connectivity index (χ4v) is 3.78. The first-order chi connectivity index (χ1) is 17.4. The van der Waals surface area contributed by atoms with Gasteiger partial charge in [0.2, 0.25) is 11.7 Å². The molecular weight excluding hydrogens is 498 g/mol. The molecule has 0 saturated heterocycles. The molecular formula is C25H33N5O6S. The molecule has 3 rings (SSSR count). The number of hydrogen-bond acceptors (Lipinski definition) is 7. The van der Waals surface area contributed by atoms with Gasteiger partial charge in [-0.2, -0.15) is 13.6 Å². The van der Waals surface area contributed by atoms with Gasteiger partial charge in [-0.1, -0.05) is 75.7 Å². The molecule has 0 bridgehead atoms. The Labute approximate surface area is 216 Å². The Bertz CT molecular complexity index is 1250. The number of aliphatic carboxylic acids is 1. The number of nitrogens with one attached hydrogen (secondary N) is 1. The van der Waals surface area contributed by atoms with E-state index in [9.17, 15) is 23.1 Å². The van der Waals surface area contributed by atoms with Crippen LogP contribution in [0.4, 0.5) is 0 Å². The molecule has 1 heterocycles. The normalized spacial score (nSPS) is 11.9. The van der Waals surface area contributed by atoms with Gasteiger partial charge in [-0.15, -0.1) is 10.2 Å². The summed E-state index contributed by atoms with van der Waals surface area (Å²) >= 11 is 0. The molecule has 3 aromatic rings. The van der Waals surface area contributed by atoms with Crippen molar-refractivity contribution in [1.29, 1.82) is 0 Å². The summed E-state index contributed by atoms with van der Waals surface area (Å²) in [6.07, 6.45) is 2.69. The van der Waals surface area contributed by atoms with Crippen LogP contribution in [-0.4, -0.2) is 67.8 Å². The zero-order valence-corrected chi connectivity index (χ0v) is 22.1. The van der Waals surface area contributed by atoms with Crippen molar-refractivity contribution in [2.24, 2.45) is 5.92 Å². The van der Waals surface area contributed by atoms with Gasteiger partial charge in [0.15, 0.2) is 0 Å². The number of carboxylic acid groups (broad SMARTS) is 1. The van der Waals surface area contributed by atoms with E-state index < -0.39 is 22.1 Å². The van der Waals surface area contributed by atoms with Gasteiger partial charge in [-0.05, 0) is 34.2 Å². The van der Waals surface area contributed by atoms with E-state index in [0.29, 0.717) is 18.5 Å². The minimum absolute atomic E-state index is 0.125. The summed E-state index contributed by atoms with van der Waals surface area (Å²) in [5.74, 6) is -0.784. The van der Waals surface area contributed by atoms with Crippen LogP contribution in [0.15, 0.2) is 48.5 Å². The molecule has 0 saturated carbocycles. The molecule has 0 fully saturated rings. The lowest BCUT2D eigenvalue weighted by Crippen LogP contribution is -2.47. The zero-order valence-electron chi connectivity index (χ0n) is 21.3. The maximum Gasteiger partial charge on any atom is 0.326 e. The van der Waals surface area contributed by atoms with Crippen LogP contribution in [-0.2, 0) is 26.3 Å². The van der Waals surface area contributed by atoms with E-state index in [-0.39, 0.29) is 18.4 Å². The maximum atomic E-state index is 12.9. The highest BCUT2D eigenvalue weighted by Gasteiger charge is 2.32. The summed E-state index contributed by atoms with van der Waals surface area (Å²) in [5.41, 5.74) is 3.66. The second-order valence-corrected chi connectivity index (χ2v) is 10.3. The molecule has 11 nitrogen and oxygen atoms in total. The molecule has 0 aliphatic rings. The molecule has 0 aliphatic heterocycles. The third-order valence-electron chi connectivity index (χ3n) is 5.42. The molecule has 1 aromatic heterocycles. The topological polar surface area (TPSA) is 166 Å². The molecule has 0 radical (unpaired) electrons. The van der Waals surface area contributed by atoms with Gasteiger partial charge in [0.05, 0.1) is 6.26 Å². The first-order valence-electron chi connectivity index (χ1n) is 11.8.